The van der Waals surface area contributed by atoms with Crippen molar-refractivity contribution in [1.29, 1.82) is 0 Å². The van der Waals surface area contributed by atoms with Crippen LogP contribution in [-0.4, -0.2) is 267 Å². The molecule has 5 aliphatic heterocycles. The number of aliphatic hydroxyl groups is 6. The van der Waals surface area contributed by atoms with E-state index in [1.807, 2.05) is 4.98 Å². The molecule has 14 rings (SSSR count). The van der Waals surface area contributed by atoms with Crippen LogP contribution in [0.3, 0.4) is 0 Å². The van der Waals surface area contributed by atoms with Crippen molar-refractivity contribution in [2.24, 2.45) is 0 Å². The Bertz CT molecular complexity index is 5590. The number of hydrogen-bond acceptors (Lipinski definition) is 43. The van der Waals surface area contributed by atoms with Gasteiger partial charge in [0, 0.05) is 16.8 Å². The zero-order valence-corrected chi connectivity index (χ0v) is 59.6. The molecule has 0 aliphatic carbocycles. The number of aromatic nitrogens is 18. The molecule has 57 nitrogen and oxygen atoms in total. The Kier molecular flexibility index (Phi) is 21.7. The van der Waals surface area contributed by atoms with Crippen LogP contribution in [0.4, 0.5) is 23.7 Å². The number of rotatable bonds is 28. The normalized spacial score (nSPS) is 31.4. The SMILES string of the molecule is Nc1nc2c(ncn2[C@@H]2O[C@H](COP(=O)(O)O[C@H]3[C@@H](O)[C@H](n4cnc5c(=O)[nH]c(N)nc54)O[C@@H]3COP(=O)(O)O[C@H]3[C@@H](O)[C@H](n4cnc5c(=O)[nH]c(N)nc54)O[C@@H]3COP(=O)(O)O[C@H]3[C@@H](O)[C@H](n4ccc(=O)[nH]c4=O)O[C@@H]3COP(=O)(O)O[C@H]3[C@@H](O)[C@H](n4cnc5c(N)ncnc54)O[C@@H]3CO[P+](=O)O)[C@@H](O)[C@H]2O)c(=O)[nH]1. The Labute approximate surface area is 610 Å². The quantitative estimate of drug-likeness (QED) is 0.0203. The number of fused-ring (bicyclic) bond motifs is 4. The van der Waals surface area contributed by atoms with Gasteiger partial charge in [0.25, 0.3) is 22.2 Å². The highest BCUT2D eigenvalue weighted by Crippen LogP contribution is 2.56. The fourth-order valence-corrected chi connectivity index (χ4v) is 16.7. The second-order valence-electron chi connectivity index (χ2n) is 24.6. The van der Waals surface area contributed by atoms with E-state index in [9.17, 15) is 102 Å². The Morgan fingerprint density at radius 3 is 1.12 bits per heavy atom. The van der Waals surface area contributed by atoms with Gasteiger partial charge in [-0.25, -0.2) is 53.0 Å². The number of phosphoric acid groups is 4. The number of phosphoric ester groups is 4. The largest absolute Gasteiger partial charge is 0.694 e. The third-order valence-electron chi connectivity index (χ3n) is 17.5. The van der Waals surface area contributed by atoms with Gasteiger partial charge in [-0.3, -0.25) is 98.1 Å². The lowest BCUT2D eigenvalue weighted by atomic mass is 10.1. The van der Waals surface area contributed by atoms with Gasteiger partial charge in [0.15, 0.2) is 76.1 Å². The van der Waals surface area contributed by atoms with E-state index < -0.39 is 252 Å². The second-order valence-corrected chi connectivity index (χ2v) is 30.9. The fourth-order valence-electron chi connectivity index (χ4n) is 12.6. The molecule has 600 valence electrons. The summed E-state index contributed by atoms with van der Waals surface area (Å²) in [5.41, 5.74) is 16.2. The third kappa shape index (κ3) is 15.9. The van der Waals surface area contributed by atoms with E-state index in [4.69, 9.17) is 87.3 Å². The number of ether oxygens (including phenoxy) is 5. The second kappa shape index (κ2) is 30.4. The van der Waals surface area contributed by atoms with Crippen LogP contribution >= 0.6 is 39.5 Å². The van der Waals surface area contributed by atoms with E-state index in [0.29, 0.717) is 4.57 Å². The summed E-state index contributed by atoms with van der Waals surface area (Å²) in [6, 6.07) is 0.774. The summed E-state index contributed by atoms with van der Waals surface area (Å²) >= 11 is 0. The molecule has 5 saturated heterocycles. The number of aliphatic hydroxyl groups excluding tert-OH is 6. The average Bonchev–Trinajstić information content (AvgIpc) is 1.61. The van der Waals surface area contributed by atoms with Crippen molar-refractivity contribution in [3.8, 4) is 0 Å². The van der Waals surface area contributed by atoms with Crippen molar-refractivity contribution in [2.75, 3.05) is 56.0 Å². The first-order valence-electron chi connectivity index (χ1n) is 31.6. The summed E-state index contributed by atoms with van der Waals surface area (Å²) in [4.78, 5) is 163. The van der Waals surface area contributed by atoms with E-state index in [2.05, 4.69) is 59.8 Å². The van der Waals surface area contributed by atoms with Crippen LogP contribution in [0, 0.1) is 0 Å². The maximum absolute atomic E-state index is 14.4. The van der Waals surface area contributed by atoms with Gasteiger partial charge in [-0.2, -0.15) is 15.0 Å². The van der Waals surface area contributed by atoms with E-state index in [1.54, 1.807) is 0 Å². The number of imidazole rings is 4. The van der Waals surface area contributed by atoms with Crippen LogP contribution in [0.1, 0.15) is 31.1 Å². The van der Waals surface area contributed by atoms with E-state index in [-0.39, 0.29) is 39.7 Å². The number of H-pyrrole nitrogens is 4. The summed E-state index contributed by atoms with van der Waals surface area (Å²) in [7, 11) is -26.7. The molecular formula is C49H60N22O35P5+. The van der Waals surface area contributed by atoms with Gasteiger partial charge in [0.05, 0.1) is 51.7 Å². The van der Waals surface area contributed by atoms with Gasteiger partial charge >= 0.3 is 45.2 Å². The number of nitrogen functional groups attached to an aromatic ring is 4. The number of nitrogens with one attached hydrogen (secondary N) is 4. The Morgan fingerprint density at radius 1 is 0.423 bits per heavy atom. The number of anilines is 4. The van der Waals surface area contributed by atoms with Gasteiger partial charge in [-0.05, 0) is 0 Å². The molecule has 0 radical (unpaired) electrons. The summed E-state index contributed by atoms with van der Waals surface area (Å²) in [5, 5.41) is 69.3. The summed E-state index contributed by atoms with van der Waals surface area (Å²) in [6.07, 6.45) is -35.0. The Morgan fingerprint density at radius 2 is 0.748 bits per heavy atom. The molecule has 9 aromatic rings. The number of aromatic amines is 4. The Hall–Kier alpha value is -8.50. The lowest BCUT2D eigenvalue weighted by Gasteiger charge is -2.27. The number of nitrogens with two attached hydrogens (primary N) is 4. The van der Waals surface area contributed by atoms with Crippen LogP contribution < -0.4 is 50.9 Å². The van der Waals surface area contributed by atoms with Gasteiger partial charge in [-0.15, -0.1) is 9.42 Å². The minimum Gasteiger partial charge on any atom is -0.387 e. The summed E-state index contributed by atoms with van der Waals surface area (Å²) in [5.74, 6) is -1.49. The fraction of sp³-hybridized carbons (Fsp3) is 0.510. The molecule has 9 aromatic heterocycles. The van der Waals surface area contributed by atoms with Crippen LogP contribution in [0.25, 0.3) is 44.7 Å². The zero-order valence-electron chi connectivity index (χ0n) is 55.1. The average molecular weight is 1670 g/mol. The van der Waals surface area contributed by atoms with E-state index >= 15 is 0 Å². The first-order chi connectivity index (χ1) is 52.4. The predicted octanol–water partition coefficient (Wildman–Crippen LogP) is -7.57. The predicted molar refractivity (Wildman–Crippen MR) is 353 cm³/mol. The van der Waals surface area contributed by atoms with Crippen LogP contribution in [0.2, 0.25) is 0 Å². The molecule has 0 bridgehead atoms. The number of nitrogens with zero attached hydrogens (tertiary/aromatic N) is 14. The monoisotopic (exact) mass is 1670 g/mol. The van der Waals surface area contributed by atoms with Crippen molar-refractivity contribution < 1.29 is 142 Å². The van der Waals surface area contributed by atoms with Crippen molar-refractivity contribution in [2.45, 2.75) is 123 Å². The molecule has 25 atom stereocenters. The molecule has 5 aliphatic rings. The summed E-state index contributed by atoms with van der Waals surface area (Å²) in [6.45, 7) is -6.17. The Balaban J connectivity index is 0.699. The highest BCUT2D eigenvalue weighted by Gasteiger charge is 2.57. The molecule has 14 heterocycles. The van der Waals surface area contributed by atoms with Crippen LogP contribution in [-0.2, 0) is 87.2 Å². The van der Waals surface area contributed by atoms with E-state index in [1.165, 1.54) is 0 Å². The molecule has 0 saturated carbocycles. The molecule has 0 amide bonds. The minimum atomic E-state index is -5.96. The van der Waals surface area contributed by atoms with Crippen molar-refractivity contribution >= 4 is 108 Å². The molecular weight excluding hydrogens is 1610 g/mol. The minimum absolute atomic E-state index is 0.0151. The van der Waals surface area contributed by atoms with Crippen LogP contribution in [0.5, 0.6) is 0 Å². The highest BCUT2D eigenvalue weighted by atomic mass is 31.2. The molecule has 62 heteroatoms. The maximum Gasteiger partial charge on any atom is 0.694 e. The van der Waals surface area contributed by atoms with Gasteiger partial charge in [0.2, 0.25) is 17.8 Å². The van der Waals surface area contributed by atoms with Crippen LogP contribution in [0.15, 0.2) is 67.9 Å². The van der Waals surface area contributed by atoms with E-state index in [0.717, 1.165) is 62.2 Å². The summed E-state index contributed by atoms with van der Waals surface area (Å²) < 4.78 is 149. The van der Waals surface area contributed by atoms with Gasteiger partial charge < -0.3 is 96.8 Å². The van der Waals surface area contributed by atoms with Gasteiger partial charge in [0.1, 0.15) is 110 Å². The van der Waals surface area contributed by atoms with Crippen molar-refractivity contribution in [3.63, 3.8) is 0 Å². The smallest absolute Gasteiger partial charge is 0.387 e. The van der Waals surface area contributed by atoms with Crippen molar-refractivity contribution in [3.05, 3.63) is 95.8 Å². The first-order valence-corrected chi connectivity index (χ1v) is 38.7. The topological polar surface area (TPSA) is 830 Å². The number of hydrogen-bond donors (Lipinski definition) is 19. The zero-order chi connectivity index (χ0) is 79.4. The van der Waals surface area contributed by atoms with Crippen molar-refractivity contribution in [1.82, 2.24) is 87.6 Å². The molecule has 111 heavy (non-hydrogen) atoms. The molecule has 0 aromatic carbocycles. The lowest BCUT2D eigenvalue weighted by molar-refractivity contribution is -0.0646. The third-order valence-corrected chi connectivity index (χ3v) is 21.8. The maximum atomic E-state index is 14.4. The molecule has 5 unspecified atom stereocenters. The van der Waals surface area contributed by atoms with Gasteiger partial charge in [-0.1, -0.05) is 0 Å². The molecule has 0 spiro atoms. The highest BCUT2D eigenvalue weighted by molar-refractivity contribution is 7.48. The first kappa shape index (κ1) is 79.2. The lowest BCUT2D eigenvalue weighted by Crippen LogP contribution is -2.39. The standard InChI is InChI=1S/C49H59N22O35P5/c50-33-19-34(55-8-54-33)68(9-56-19)43-26(76)29(14(99-43)3-93-107(83)84)103-109(87,88)95-5-15-30(25(75)42(100-15)67-2-1-18(72)60-49(67)82)104-110(89,90)96-7-17-32(28(78)45(102-17)71-12-59-22-37(71)63-48(53)66-40(22)81)106-111(91,92)97-6-16-31(27(77)44(101-16)70-11-58-21-36(70)62-47(52)65-39(21)80)105-108(85,86)94-4-13-23(73)24(74)41(98-13)69-10-57-20-35(69)61-46(51)64-38(20)79/h1-2,8-17,23-32,41-45,73-78H,3-7H2,(H16-,50,51,52,53,54,55,60,61,62,63,64,65,66,72,79,80,81,82,83,84,85,86,87,88,89,90,91,92)/p+1/t13-,14-,15-,16-,17-,23-,24-,25-,26-,27-,28-,29-,30-,31-,32-,41-,42-,43-,44-,45-/m1/s1. The molecule has 5 fully saturated rings. The molecule has 23 N–H and O–H groups in total.